The van der Waals surface area contributed by atoms with Crippen LogP contribution in [0.2, 0.25) is 5.02 Å². The lowest BCUT2D eigenvalue weighted by Crippen LogP contribution is -2.17. The number of aliphatic carboxylic acids is 1. The van der Waals surface area contributed by atoms with Gasteiger partial charge in [-0.1, -0.05) is 41.9 Å². The minimum Gasteiger partial charge on any atom is -0.481 e. The number of alkyl halides is 3. The third-order valence-corrected chi connectivity index (χ3v) is 5.49. The maximum atomic E-state index is 13.5. The first-order valence-electron chi connectivity index (χ1n) is 7.27. The molecule has 0 bridgehead atoms. The van der Waals surface area contributed by atoms with Crippen LogP contribution in [-0.2, 0) is 20.8 Å². The monoisotopic (exact) mass is 406 g/mol. The van der Waals surface area contributed by atoms with Gasteiger partial charge < -0.3 is 5.11 Å². The van der Waals surface area contributed by atoms with Gasteiger partial charge in [0, 0.05) is 6.26 Å². The van der Waals surface area contributed by atoms with E-state index in [2.05, 4.69) is 0 Å². The van der Waals surface area contributed by atoms with Gasteiger partial charge in [-0.15, -0.1) is 0 Å². The lowest BCUT2D eigenvalue weighted by molar-refractivity contribution is -0.139. The van der Waals surface area contributed by atoms with Crippen molar-refractivity contribution < 1.29 is 31.5 Å². The van der Waals surface area contributed by atoms with Crippen LogP contribution in [0.5, 0.6) is 0 Å². The third kappa shape index (κ3) is 3.86. The molecule has 0 radical (unpaired) electrons. The average Bonchev–Trinajstić information content (AvgIpc) is 2.51. The van der Waals surface area contributed by atoms with E-state index in [0.717, 1.165) is 0 Å². The van der Waals surface area contributed by atoms with Gasteiger partial charge >= 0.3 is 12.1 Å². The maximum Gasteiger partial charge on any atom is 0.417 e. The number of hydrogen-bond donors (Lipinski definition) is 1. The predicted octanol–water partition coefficient (Wildman–Crippen LogP) is 4.62. The van der Waals surface area contributed by atoms with Crippen molar-refractivity contribution >= 4 is 27.4 Å². The molecule has 2 aromatic rings. The van der Waals surface area contributed by atoms with Gasteiger partial charge in [0.1, 0.15) is 0 Å². The maximum absolute atomic E-state index is 13.5. The van der Waals surface area contributed by atoms with Crippen LogP contribution in [0.4, 0.5) is 13.2 Å². The zero-order chi connectivity index (χ0) is 19.9. The van der Waals surface area contributed by atoms with Crippen LogP contribution in [0.3, 0.4) is 0 Å². The van der Waals surface area contributed by atoms with Crippen molar-refractivity contribution in [2.45, 2.75) is 23.9 Å². The molecule has 0 fully saturated rings. The number of carboxylic acid groups (broad SMARTS) is 1. The molecule has 1 N–H and O–H groups in total. The number of hydrogen-bond acceptors (Lipinski definition) is 3. The number of benzene rings is 2. The van der Waals surface area contributed by atoms with E-state index in [1.807, 2.05) is 0 Å². The van der Waals surface area contributed by atoms with Crippen LogP contribution in [0.1, 0.15) is 24.0 Å². The molecule has 0 heterocycles. The molecule has 4 nitrogen and oxygen atoms in total. The fourth-order valence-corrected chi connectivity index (χ4v) is 4.42. The molecule has 2 aromatic carbocycles. The third-order valence-electron chi connectivity index (χ3n) is 3.82. The molecule has 140 valence electrons. The van der Waals surface area contributed by atoms with E-state index in [1.165, 1.54) is 19.1 Å². The first-order chi connectivity index (χ1) is 11.9. The Morgan fingerprint density at radius 3 is 2.15 bits per heavy atom. The lowest BCUT2D eigenvalue weighted by Gasteiger charge is -2.22. The molecule has 26 heavy (non-hydrogen) atoms. The molecule has 0 aromatic heterocycles. The van der Waals surface area contributed by atoms with Crippen molar-refractivity contribution in [3.63, 3.8) is 0 Å². The molecule has 2 rings (SSSR count). The summed E-state index contributed by atoms with van der Waals surface area (Å²) in [6.45, 7) is 1.23. The van der Waals surface area contributed by atoms with E-state index in [4.69, 9.17) is 11.6 Å². The number of sulfone groups is 1. The molecule has 0 spiro atoms. The number of halogens is 4. The number of carbonyl (C=O) groups is 1. The number of rotatable bonds is 4. The summed E-state index contributed by atoms with van der Waals surface area (Å²) in [6.07, 6.45) is -4.39. The standard InChI is InChI=1S/C17H14ClF3O4S/c1-9(16(22)23)13-11(10-6-4-3-5-7-10)8-12(17(19,20)21)15(14(13)18)26(2,24)25/h3-9H,1-2H3,(H,22,23). The molecule has 9 heteroatoms. The Balaban J connectivity index is 3.05. The van der Waals surface area contributed by atoms with Gasteiger partial charge in [0.15, 0.2) is 9.84 Å². The molecule has 0 aliphatic heterocycles. The zero-order valence-corrected chi connectivity index (χ0v) is 15.2. The molecular weight excluding hydrogens is 393 g/mol. The Labute approximate surface area is 153 Å². The summed E-state index contributed by atoms with van der Waals surface area (Å²) in [5, 5.41) is 8.60. The fraction of sp³-hybridized carbons (Fsp3) is 0.235. The molecule has 0 saturated carbocycles. The lowest BCUT2D eigenvalue weighted by atomic mass is 9.89. The molecule has 0 aliphatic rings. The van der Waals surface area contributed by atoms with Crippen molar-refractivity contribution in [1.82, 2.24) is 0 Å². The largest absolute Gasteiger partial charge is 0.481 e. The van der Waals surface area contributed by atoms with Gasteiger partial charge in [-0.05, 0) is 29.7 Å². The Bertz CT molecular complexity index is 954. The Morgan fingerprint density at radius 1 is 1.19 bits per heavy atom. The molecule has 0 saturated heterocycles. The van der Waals surface area contributed by atoms with Crippen LogP contribution >= 0.6 is 11.6 Å². The van der Waals surface area contributed by atoms with Crippen molar-refractivity contribution in [1.29, 1.82) is 0 Å². The van der Waals surface area contributed by atoms with Crippen LogP contribution in [0, 0.1) is 0 Å². The van der Waals surface area contributed by atoms with Gasteiger partial charge in [-0.2, -0.15) is 13.2 Å². The Morgan fingerprint density at radius 2 is 1.73 bits per heavy atom. The summed E-state index contributed by atoms with van der Waals surface area (Å²) in [7, 11) is -4.37. The summed E-state index contributed by atoms with van der Waals surface area (Å²) >= 11 is 6.06. The zero-order valence-electron chi connectivity index (χ0n) is 13.6. The highest BCUT2D eigenvalue weighted by atomic mass is 35.5. The molecule has 1 atom stereocenters. The van der Waals surface area contributed by atoms with Crippen LogP contribution < -0.4 is 0 Å². The molecule has 0 aliphatic carbocycles. The van der Waals surface area contributed by atoms with E-state index in [-0.39, 0.29) is 11.1 Å². The van der Waals surface area contributed by atoms with Crippen LogP contribution in [0.15, 0.2) is 41.3 Å². The van der Waals surface area contributed by atoms with Gasteiger partial charge in [0.05, 0.1) is 21.4 Å². The first kappa shape index (κ1) is 20.3. The van der Waals surface area contributed by atoms with Gasteiger partial charge in [-0.25, -0.2) is 8.42 Å². The molecule has 1 unspecified atom stereocenters. The topological polar surface area (TPSA) is 71.4 Å². The fourth-order valence-electron chi connectivity index (χ4n) is 2.62. The summed E-state index contributed by atoms with van der Waals surface area (Å²) in [4.78, 5) is 10.3. The SMILES string of the molecule is CC(C(=O)O)c1c(-c2ccccc2)cc(C(F)(F)F)c(S(C)(=O)=O)c1Cl. The van der Waals surface area contributed by atoms with Crippen LogP contribution in [-0.4, -0.2) is 25.7 Å². The average molecular weight is 407 g/mol. The number of carboxylic acids is 1. The van der Waals surface area contributed by atoms with Crippen molar-refractivity contribution in [3.05, 3.63) is 52.5 Å². The van der Waals surface area contributed by atoms with Gasteiger partial charge in [0.2, 0.25) is 0 Å². The quantitative estimate of drug-likeness (QED) is 0.804. The second-order valence-electron chi connectivity index (χ2n) is 5.72. The minimum absolute atomic E-state index is 0.0785. The Hall–Kier alpha value is -2.06. The normalized spacial score (nSPS) is 13.5. The highest BCUT2D eigenvalue weighted by molar-refractivity contribution is 7.90. The van der Waals surface area contributed by atoms with Crippen molar-refractivity contribution in [2.24, 2.45) is 0 Å². The van der Waals surface area contributed by atoms with Crippen molar-refractivity contribution in [2.75, 3.05) is 6.26 Å². The second kappa shape index (κ2) is 6.92. The summed E-state index contributed by atoms with van der Waals surface area (Å²) in [5.74, 6) is -2.66. The van der Waals surface area contributed by atoms with E-state index >= 15 is 0 Å². The van der Waals surface area contributed by atoms with E-state index in [1.54, 1.807) is 18.2 Å². The van der Waals surface area contributed by atoms with Gasteiger partial charge in [-0.3, -0.25) is 4.79 Å². The van der Waals surface area contributed by atoms with Gasteiger partial charge in [0.25, 0.3) is 0 Å². The highest BCUT2D eigenvalue weighted by Crippen LogP contribution is 2.45. The van der Waals surface area contributed by atoms with E-state index < -0.39 is 43.4 Å². The summed E-state index contributed by atoms with van der Waals surface area (Å²) in [6, 6.07) is 8.40. The first-order valence-corrected chi connectivity index (χ1v) is 9.54. The second-order valence-corrected chi connectivity index (χ2v) is 8.05. The minimum atomic E-state index is -4.99. The highest BCUT2D eigenvalue weighted by Gasteiger charge is 2.40. The van der Waals surface area contributed by atoms with E-state index in [9.17, 15) is 31.5 Å². The summed E-state index contributed by atoms with van der Waals surface area (Å²) in [5.41, 5.74) is -1.39. The predicted molar refractivity (Wildman–Crippen MR) is 91.1 cm³/mol. The van der Waals surface area contributed by atoms with Crippen molar-refractivity contribution in [3.8, 4) is 11.1 Å². The molecular formula is C17H14ClF3O4S. The smallest absolute Gasteiger partial charge is 0.417 e. The molecule has 0 amide bonds. The Kier molecular flexibility index (Phi) is 5.39. The summed E-state index contributed by atoms with van der Waals surface area (Å²) < 4.78 is 64.5. The van der Waals surface area contributed by atoms with Crippen LogP contribution in [0.25, 0.3) is 11.1 Å². The van der Waals surface area contributed by atoms with E-state index in [0.29, 0.717) is 17.9 Å².